The van der Waals surface area contributed by atoms with Crippen molar-refractivity contribution in [3.05, 3.63) is 22.3 Å². The van der Waals surface area contributed by atoms with Gasteiger partial charge in [0.2, 0.25) is 0 Å². The van der Waals surface area contributed by atoms with Crippen molar-refractivity contribution in [1.82, 2.24) is 10.3 Å². The van der Waals surface area contributed by atoms with Gasteiger partial charge in [-0.3, -0.25) is 4.79 Å². The fourth-order valence-electron chi connectivity index (χ4n) is 1.01. The van der Waals surface area contributed by atoms with Crippen LogP contribution in [-0.4, -0.2) is 23.7 Å². The van der Waals surface area contributed by atoms with Crippen molar-refractivity contribution in [3.63, 3.8) is 0 Å². The van der Waals surface area contributed by atoms with Crippen molar-refractivity contribution in [2.24, 2.45) is 0 Å². The fourth-order valence-corrected chi connectivity index (χ4v) is 1.87. The average Bonchev–Trinajstić information content (AvgIpc) is 2.18. The molecule has 14 heavy (non-hydrogen) atoms. The molecule has 76 valence electrons. The molecule has 5 heteroatoms. The van der Waals surface area contributed by atoms with E-state index in [1.807, 2.05) is 13.2 Å². The Kier molecular flexibility index (Phi) is 4.41. The Balaban J connectivity index is 3.03. The minimum Gasteiger partial charge on any atom is -0.352 e. The van der Waals surface area contributed by atoms with Crippen LogP contribution >= 0.6 is 27.7 Å². The molecule has 0 aliphatic carbocycles. The standard InChI is InChI=1S/C9H11BrN2OS/c1-3-11-8(13)7-4-6(10)5-12-9(7)14-2/h4-5H,3H2,1-2H3,(H,11,13). The number of aromatic nitrogens is 1. The van der Waals surface area contributed by atoms with Crippen molar-refractivity contribution in [3.8, 4) is 0 Å². The van der Waals surface area contributed by atoms with Gasteiger partial charge in [-0.05, 0) is 35.2 Å². The number of hydrogen-bond donors (Lipinski definition) is 1. The lowest BCUT2D eigenvalue weighted by Gasteiger charge is -2.06. The topological polar surface area (TPSA) is 42.0 Å². The Labute approximate surface area is 95.8 Å². The van der Waals surface area contributed by atoms with Crippen LogP contribution < -0.4 is 5.32 Å². The van der Waals surface area contributed by atoms with Crippen LogP contribution in [0.4, 0.5) is 0 Å². The Bertz CT molecular complexity index is 344. The van der Waals surface area contributed by atoms with Gasteiger partial charge in [0.25, 0.3) is 5.91 Å². The van der Waals surface area contributed by atoms with E-state index in [4.69, 9.17) is 0 Å². The molecule has 0 aromatic carbocycles. The molecule has 3 nitrogen and oxygen atoms in total. The molecule has 0 saturated heterocycles. The summed E-state index contributed by atoms with van der Waals surface area (Å²) in [6.07, 6.45) is 3.59. The van der Waals surface area contributed by atoms with Gasteiger partial charge >= 0.3 is 0 Å². The average molecular weight is 275 g/mol. The second kappa shape index (κ2) is 5.36. The van der Waals surface area contributed by atoms with E-state index in [9.17, 15) is 4.79 Å². The third kappa shape index (κ3) is 2.72. The maximum absolute atomic E-state index is 11.6. The number of nitrogens with one attached hydrogen (secondary N) is 1. The lowest BCUT2D eigenvalue weighted by atomic mass is 10.3. The van der Waals surface area contributed by atoms with Crippen molar-refractivity contribution >= 4 is 33.6 Å². The molecule has 0 radical (unpaired) electrons. The summed E-state index contributed by atoms with van der Waals surface area (Å²) in [6.45, 7) is 2.52. The minimum absolute atomic E-state index is 0.0781. The van der Waals surface area contributed by atoms with Crippen molar-refractivity contribution in [2.75, 3.05) is 12.8 Å². The van der Waals surface area contributed by atoms with Crippen LogP contribution in [0.15, 0.2) is 21.8 Å². The van der Waals surface area contributed by atoms with Gasteiger partial charge in [-0.15, -0.1) is 11.8 Å². The molecule has 0 spiro atoms. The molecular weight excluding hydrogens is 264 g/mol. The highest BCUT2D eigenvalue weighted by Crippen LogP contribution is 2.20. The number of nitrogens with zero attached hydrogens (tertiary/aromatic N) is 1. The van der Waals surface area contributed by atoms with Crippen LogP contribution in [-0.2, 0) is 0 Å². The first-order chi connectivity index (χ1) is 6.69. The first kappa shape index (κ1) is 11.5. The van der Waals surface area contributed by atoms with E-state index in [0.29, 0.717) is 12.1 Å². The first-order valence-electron chi connectivity index (χ1n) is 4.16. The summed E-state index contributed by atoms with van der Waals surface area (Å²) in [7, 11) is 0. The third-order valence-electron chi connectivity index (χ3n) is 1.59. The number of rotatable bonds is 3. The number of carbonyl (C=O) groups excluding carboxylic acids is 1. The van der Waals surface area contributed by atoms with Crippen LogP contribution in [0.25, 0.3) is 0 Å². The maximum atomic E-state index is 11.6. The molecule has 0 unspecified atom stereocenters. The van der Waals surface area contributed by atoms with E-state index in [0.717, 1.165) is 9.50 Å². The summed E-state index contributed by atoms with van der Waals surface area (Å²) in [5.41, 5.74) is 0.619. The van der Waals surface area contributed by atoms with Crippen LogP contribution in [0.2, 0.25) is 0 Å². The molecule has 1 N–H and O–H groups in total. The molecule has 0 aliphatic heterocycles. The number of pyridine rings is 1. The Morgan fingerprint density at radius 3 is 3.00 bits per heavy atom. The largest absolute Gasteiger partial charge is 0.352 e. The highest BCUT2D eigenvalue weighted by Gasteiger charge is 2.11. The van der Waals surface area contributed by atoms with Gasteiger partial charge < -0.3 is 5.32 Å². The van der Waals surface area contributed by atoms with E-state index in [-0.39, 0.29) is 5.91 Å². The second-order valence-corrected chi connectivity index (χ2v) is 4.28. The molecule has 0 aliphatic rings. The number of thioether (sulfide) groups is 1. The van der Waals surface area contributed by atoms with Gasteiger partial charge in [-0.25, -0.2) is 4.98 Å². The summed E-state index contributed by atoms with van der Waals surface area (Å²) < 4.78 is 0.816. The third-order valence-corrected chi connectivity index (χ3v) is 2.74. The zero-order chi connectivity index (χ0) is 10.6. The Morgan fingerprint density at radius 2 is 2.43 bits per heavy atom. The molecule has 0 fully saturated rings. The number of halogens is 1. The second-order valence-electron chi connectivity index (χ2n) is 2.57. The number of carbonyl (C=O) groups is 1. The summed E-state index contributed by atoms with van der Waals surface area (Å²) in [5.74, 6) is -0.0781. The zero-order valence-corrected chi connectivity index (χ0v) is 10.4. The lowest BCUT2D eigenvalue weighted by Crippen LogP contribution is -2.23. The van der Waals surface area contributed by atoms with E-state index >= 15 is 0 Å². The highest BCUT2D eigenvalue weighted by molar-refractivity contribution is 9.10. The molecule has 1 rings (SSSR count). The van der Waals surface area contributed by atoms with Gasteiger partial charge in [0, 0.05) is 17.2 Å². The molecule has 1 aromatic rings. The predicted molar refractivity (Wildman–Crippen MR) is 61.7 cm³/mol. The number of hydrogen-bond acceptors (Lipinski definition) is 3. The quantitative estimate of drug-likeness (QED) is 0.861. The fraction of sp³-hybridized carbons (Fsp3) is 0.333. The summed E-state index contributed by atoms with van der Waals surface area (Å²) in [4.78, 5) is 15.7. The van der Waals surface area contributed by atoms with Crippen molar-refractivity contribution < 1.29 is 4.79 Å². The zero-order valence-electron chi connectivity index (χ0n) is 8.00. The minimum atomic E-state index is -0.0781. The highest BCUT2D eigenvalue weighted by atomic mass is 79.9. The Morgan fingerprint density at radius 1 is 1.71 bits per heavy atom. The van der Waals surface area contributed by atoms with Gasteiger partial charge in [0.05, 0.1) is 5.56 Å². The van der Waals surface area contributed by atoms with Gasteiger partial charge in [-0.2, -0.15) is 0 Å². The van der Waals surface area contributed by atoms with E-state index in [2.05, 4.69) is 26.2 Å². The smallest absolute Gasteiger partial charge is 0.254 e. The molecule has 1 heterocycles. The van der Waals surface area contributed by atoms with Gasteiger partial charge in [0.1, 0.15) is 5.03 Å². The molecule has 0 atom stereocenters. The summed E-state index contributed by atoms with van der Waals surface area (Å²) in [6, 6.07) is 1.78. The Hall–Kier alpha value is -0.550. The van der Waals surface area contributed by atoms with Crippen LogP contribution in [0.3, 0.4) is 0 Å². The molecule has 0 saturated carbocycles. The first-order valence-corrected chi connectivity index (χ1v) is 6.18. The van der Waals surface area contributed by atoms with Gasteiger partial charge in [0.15, 0.2) is 0 Å². The molecule has 0 bridgehead atoms. The number of amides is 1. The monoisotopic (exact) mass is 274 g/mol. The predicted octanol–water partition coefficient (Wildman–Crippen LogP) is 2.32. The molecule has 1 amide bonds. The van der Waals surface area contributed by atoms with Crippen LogP contribution in [0, 0.1) is 0 Å². The normalized spacial score (nSPS) is 9.93. The molecular formula is C9H11BrN2OS. The van der Waals surface area contributed by atoms with Crippen molar-refractivity contribution in [2.45, 2.75) is 11.9 Å². The lowest BCUT2D eigenvalue weighted by molar-refractivity contribution is 0.0952. The van der Waals surface area contributed by atoms with Crippen LogP contribution in [0.1, 0.15) is 17.3 Å². The summed E-state index contributed by atoms with van der Waals surface area (Å²) in [5, 5.41) is 3.50. The summed E-state index contributed by atoms with van der Waals surface area (Å²) >= 11 is 4.76. The molecule has 1 aromatic heterocycles. The van der Waals surface area contributed by atoms with Crippen LogP contribution in [0.5, 0.6) is 0 Å². The van der Waals surface area contributed by atoms with Crippen molar-refractivity contribution in [1.29, 1.82) is 0 Å². The maximum Gasteiger partial charge on any atom is 0.254 e. The van der Waals surface area contributed by atoms with Gasteiger partial charge in [-0.1, -0.05) is 0 Å². The van der Waals surface area contributed by atoms with E-state index < -0.39 is 0 Å². The SMILES string of the molecule is CCNC(=O)c1cc(Br)cnc1SC. The van der Waals surface area contributed by atoms with E-state index in [1.54, 1.807) is 12.3 Å². The van der Waals surface area contributed by atoms with E-state index in [1.165, 1.54) is 11.8 Å².